The van der Waals surface area contributed by atoms with Crippen molar-refractivity contribution in [2.45, 2.75) is 37.9 Å². The first-order valence-corrected chi connectivity index (χ1v) is 8.22. The second-order valence-electron chi connectivity index (χ2n) is 5.99. The van der Waals surface area contributed by atoms with Crippen molar-refractivity contribution in [2.24, 2.45) is 0 Å². The van der Waals surface area contributed by atoms with E-state index in [4.69, 9.17) is 0 Å². The second-order valence-corrected chi connectivity index (χ2v) is 5.99. The highest BCUT2D eigenvalue weighted by atomic mass is 16.2. The van der Waals surface area contributed by atoms with Crippen molar-refractivity contribution >= 4 is 5.91 Å². The fourth-order valence-electron chi connectivity index (χ4n) is 3.29. The summed E-state index contributed by atoms with van der Waals surface area (Å²) in [5.74, 6) is 0.171. The molecule has 0 radical (unpaired) electrons. The highest BCUT2D eigenvalue weighted by Crippen LogP contribution is 2.31. The van der Waals surface area contributed by atoms with E-state index in [2.05, 4.69) is 22.4 Å². The largest absolute Gasteiger partial charge is 0.328 e. The molecular weight excluding hydrogens is 286 g/mol. The molecule has 1 N–H and O–H groups in total. The van der Waals surface area contributed by atoms with Gasteiger partial charge in [-0.15, -0.1) is 0 Å². The fourth-order valence-corrected chi connectivity index (χ4v) is 3.29. The fraction of sp³-hybridized carbons (Fsp3) is 0.368. The minimum atomic E-state index is -0.104. The van der Waals surface area contributed by atoms with Crippen molar-refractivity contribution in [3.8, 4) is 0 Å². The predicted molar refractivity (Wildman–Crippen MR) is 90.7 cm³/mol. The molecule has 1 amide bonds. The number of rotatable bonds is 4. The smallest absolute Gasteiger partial charge is 0.240 e. The summed E-state index contributed by atoms with van der Waals surface area (Å²) in [6.07, 6.45) is 4.69. The van der Waals surface area contributed by atoms with Crippen LogP contribution < -0.4 is 5.32 Å². The van der Waals surface area contributed by atoms with Gasteiger partial charge in [0, 0.05) is 6.20 Å². The van der Waals surface area contributed by atoms with Crippen LogP contribution in [0, 0.1) is 0 Å². The van der Waals surface area contributed by atoms with Crippen molar-refractivity contribution in [1.29, 1.82) is 0 Å². The molecule has 4 nitrogen and oxygen atoms in total. The van der Waals surface area contributed by atoms with E-state index < -0.39 is 0 Å². The zero-order valence-corrected chi connectivity index (χ0v) is 13.5. The van der Waals surface area contributed by atoms with Crippen LogP contribution in [-0.2, 0) is 11.3 Å². The number of nitrogens with zero attached hydrogens (tertiary/aromatic N) is 2. The summed E-state index contributed by atoms with van der Waals surface area (Å²) < 4.78 is 0. The Hall–Kier alpha value is -2.20. The van der Waals surface area contributed by atoms with Gasteiger partial charge in [0.2, 0.25) is 5.91 Å². The molecule has 23 heavy (non-hydrogen) atoms. The lowest BCUT2D eigenvalue weighted by Gasteiger charge is -2.32. The summed E-state index contributed by atoms with van der Waals surface area (Å²) in [6.45, 7) is 0.553. The van der Waals surface area contributed by atoms with Crippen molar-refractivity contribution in [3.05, 3.63) is 66.0 Å². The summed E-state index contributed by atoms with van der Waals surface area (Å²) in [5, 5.41) is 3.17. The summed E-state index contributed by atoms with van der Waals surface area (Å²) in [5.41, 5.74) is 2.13. The van der Waals surface area contributed by atoms with Crippen molar-refractivity contribution < 1.29 is 4.79 Å². The first kappa shape index (κ1) is 15.7. The van der Waals surface area contributed by atoms with Gasteiger partial charge in [-0.1, -0.05) is 36.4 Å². The standard InChI is InChI=1S/C19H23N3O/c1-20-17-11-7-12-18(15-8-3-2-4-9-15)22(19(17)23)14-16-10-5-6-13-21-16/h2-6,8-10,13,17-18,20H,7,11-12,14H2,1H3. The predicted octanol–water partition coefficient (Wildman–Crippen LogP) is 2.92. The molecule has 2 unspecified atom stereocenters. The molecule has 1 aromatic heterocycles. The lowest BCUT2D eigenvalue weighted by atomic mass is 10.0. The number of amides is 1. The quantitative estimate of drug-likeness (QED) is 0.944. The number of benzene rings is 1. The molecule has 0 aliphatic carbocycles. The second kappa shape index (κ2) is 7.38. The minimum absolute atomic E-state index is 0.104. The van der Waals surface area contributed by atoms with Gasteiger partial charge in [-0.25, -0.2) is 0 Å². The first-order chi connectivity index (χ1) is 11.3. The Morgan fingerprint density at radius 2 is 1.91 bits per heavy atom. The van der Waals surface area contributed by atoms with Crippen molar-refractivity contribution in [3.63, 3.8) is 0 Å². The maximum Gasteiger partial charge on any atom is 0.240 e. The number of pyridine rings is 1. The van der Waals surface area contributed by atoms with E-state index in [0.717, 1.165) is 25.0 Å². The van der Waals surface area contributed by atoms with E-state index >= 15 is 0 Å². The Morgan fingerprint density at radius 1 is 1.13 bits per heavy atom. The Kier molecular flexibility index (Phi) is 5.03. The number of carbonyl (C=O) groups is 1. The number of nitrogens with one attached hydrogen (secondary N) is 1. The van der Waals surface area contributed by atoms with E-state index in [1.165, 1.54) is 5.56 Å². The molecule has 3 rings (SSSR count). The molecular formula is C19H23N3O. The molecule has 1 saturated heterocycles. The molecule has 120 valence electrons. The topological polar surface area (TPSA) is 45.2 Å². The maximum atomic E-state index is 13.0. The normalized spacial score (nSPS) is 22.0. The molecule has 0 bridgehead atoms. The number of likely N-dealkylation sites (tertiary alicyclic amines) is 1. The average Bonchev–Trinajstić information content (AvgIpc) is 2.76. The Balaban J connectivity index is 1.93. The number of hydrogen-bond donors (Lipinski definition) is 1. The molecule has 4 heteroatoms. The van der Waals surface area contributed by atoms with Gasteiger partial charge in [0.25, 0.3) is 0 Å². The molecule has 0 saturated carbocycles. The monoisotopic (exact) mass is 309 g/mol. The van der Waals surface area contributed by atoms with E-state index in [1.807, 2.05) is 48.3 Å². The van der Waals surface area contributed by atoms with Crippen molar-refractivity contribution in [1.82, 2.24) is 15.2 Å². The minimum Gasteiger partial charge on any atom is -0.328 e. The van der Waals surface area contributed by atoms with Crippen LogP contribution >= 0.6 is 0 Å². The van der Waals surface area contributed by atoms with Gasteiger partial charge in [-0.05, 0) is 44.0 Å². The van der Waals surface area contributed by atoms with Gasteiger partial charge >= 0.3 is 0 Å². The van der Waals surface area contributed by atoms with Gasteiger partial charge in [0.05, 0.1) is 24.3 Å². The highest BCUT2D eigenvalue weighted by Gasteiger charge is 2.33. The van der Waals surface area contributed by atoms with Crippen LogP contribution in [-0.4, -0.2) is 28.9 Å². The Morgan fingerprint density at radius 3 is 2.61 bits per heavy atom. The molecule has 1 fully saturated rings. The third-order valence-electron chi connectivity index (χ3n) is 4.52. The number of aromatic nitrogens is 1. The van der Waals surface area contributed by atoms with Crippen LogP contribution in [0.1, 0.15) is 36.6 Å². The van der Waals surface area contributed by atoms with Crippen LogP contribution in [0.2, 0.25) is 0 Å². The highest BCUT2D eigenvalue weighted by molar-refractivity contribution is 5.82. The Bertz CT molecular complexity index is 630. The van der Waals surface area contributed by atoms with Crippen molar-refractivity contribution in [2.75, 3.05) is 7.05 Å². The number of likely N-dealkylation sites (N-methyl/N-ethyl adjacent to an activating group) is 1. The molecule has 0 spiro atoms. The SMILES string of the molecule is CNC1CCCC(c2ccccc2)N(Cc2ccccn2)C1=O. The molecule has 1 aliphatic rings. The molecule has 1 aliphatic heterocycles. The van der Waals surface area contributed by atoms with Crippen LogP contribution in [0.15, 0.2) is 54.7 Å². The third-order valence-corrected chi connectivity index (χ3v) is 4.52. The molecule has 2 aromatic rings. The lowest BCUT2D eigenvalue weighted by molar-refractivity contribution is -0.135. The van der Waals surface area contributed by atoms with Crippen LogP contribution in [0.4, 0.5) is 0 Å². The average molecular weight is 309 g/mol. The van der Waals surface area contributed by atoms with Crippen LogP contribution in [0.25, 0.3) is 0 Å². The van der Waals surface area contributed by atoms with Gasteiger partial charge in [0.15, 0.2) is 0 Å². The van der Waals surface area contributed by atoms with Gasteiger partial charge in [-0.2, -0.15) is 0 Å². The van der Waals surface area contributed by atoms with Gasteiger partial charge in [-0.3, -0.25) is 9.78 Å². The number of hydrogen-bond acceptors (Lipinski definition) is 3. The van der Waals surface area contributed by atoms with E-state index in [-0.39, 0.29) is 18.0 Å². The third kappa shape index (κ3) is 3.59. The zero-order valence-electron chi connectivity index (χ0n) is 13.5. The Labute approximate surface area is 137 Å². The lowest BCUT2D eigenvalue weighted by Crippen LogP contribution is -2.44. The molecule has 2 atom stereocenters. The van der Waals surface area contributed by atoms with E-state index in [9.17, 15) is 4.79 Å². The van der Waals surface area contributed by atoms with E-state index in [0.29, 0.717) is 6.54 Å². The first-order valence-electron chi connectivity index (χ1n) is 8.22. The summed E-state index contributed by atoms with van der Waals surface area (Å²) >= 11 is 0. The van der Waals surface area contributed by atoms with Crippen LogP contribution in [0.5, 0.6) is 0 Å². The zero-order chi connectivity index (χ0) is 16.1. The van der Waals surface area contributed by atoms with Gasteiger partial charge < -0.3 is 10.2 Å². The molecule has 2 heterocycles. The molecule has 1 aromatic carbocycles. The maximum absolute atomic E-state index is 13.0. The van der Waals surface area contributed by atoms with Gasteiger partial charge in [0.1, 0.15) is 0 Å². The number of carbonyl (C=O) groups excluding carboxylic acids is 1. The summed E-state index contributed by atoms with van der Waals surface area (Å²) in [6, 6.07) is 16.2. The summed E-state index contributed by atoms with van der Waals surface area (Å²) in [4.78, 5) is 19.4. The summed E-state index contributed by atoms with van der Waals surface area (Å²) in [7, 11) is 1.87. The van der Waals surface area contributed by atoms with E-state index in [1.54, 1.807) is 6.20 Å². The van der Waals surface area contributed by atoms with Crippen LogP contribution in [0.3, 0.4) is 0 Å².